The summed E-state index contributed by atoms with van der Waals surface area (Å²) >= 11 is 0. The van der Waals surface area contributed by atoms with E-state index in [1.54, 1.807) is 25.6 Å². The SMILES string of the molecule is COc1cc(C=NNC(=O)CCn2cc(C)c3c(C)cccc32)ccc1OCc1ccccn1. The maximum Gasteiger partial charge on any atom is 0.241 e. The number of hydrogen-bond donors (Lipinski definition) is 1. The molecule has 0 saturated carbocycles. The van der Waals surface area contributed by atoms with Gasteiger partial charge in [0.2, 0.25) is 5.91 Å². The lowest BCUT2D eigenvalue weighted by Crippen LogP contribution is -2.19. The van der Waals surface area contributed by atoms with E-state index in [4.69, 9.17) is 9.47 Å². The van der Waals surface area contributed by atoms with Gasteiger partial charge in [0.25, 0.3) is 0 Å². The fourth-order valence-electron chi connectivity index (χ4n) is 3.93. The van der Waals surface area contributed by atoms with Gasteiger partial charge in [0.15, 0.2) is 11.5 Å². The number of ether oxygens (including phenoxy) is 2. The van der Waals surface area contributed by atoms with Gasteiger partial charge in [-0.25, -0.2) is 5.43 Å². The second-order valence-corrected chi connectivity index (χ2v) is 8.04. The molecule has 4 aromatic rings. The van der Waals surface area contributed by atoms with Crippen molar-refractivity contribution < 1.29 is 14.3 Å². The number of amides is 1. The summed E-state index contributed by atoms with van der Waals surface area (Å²) in [6, 6.07) is 17.4. The van der Waals surface area contributed by atoms with Crippen molar-refractivity contribution in [3.8, 4) is 11.5 Å². The van der Waals surface area contributed by atoms with Gasteiger partial charge in [-0.1, -0.05) is 18.2 Å². The van der Waals surface area contributed by atoms with Crippen molar-refractivity contribution in [1.82, 2.24) is 15.0 Å². The lowest BCUT2D eigenvalue weighted by molar-refractivity contribution is -0.121. The molecule has 0 fully saturated rings. The van der Waals surface area contributed by atoms with Crippen molar-refractivity contribution in [1.29, 1.82) is 0 Å². The Kier molecular flexibility index (Phi) is 7.22. The van der Waals surface area contributed by atoms with E-state index >= 15 is 0 Å². The van der Waals surface area contributed by atoms with Crippen LogP contribution in [0.4, 0.5) is 0 Å². The number of aromatic nitrogens is 2. The first kappa shape index (κ1) is 23.0. The van der Waals surface area contributed by atoms with Gasteiger partial charge in [0, 0.05) is 36.3 Å². The summed E-state index contributed by atoms with van der Waals surface area (Å²) in [5.41, 5.74) is 7.82. The fourth-order valence-corrected chi connectivity index (χ4v) is 3.93. The smallest absolute Gasteiger partial charge is 0.241 e. The van der Waals surface area contributed by atoms with E-state index in [1.165, 1.54) is 16.5 Å². The number of fused-ring (bicyclic) bond motifs is 1. The Bertz CT molecular complexity index is 1310. The van der Waals surface area contributed by atoms with Crippen LogP contribution in [-0.2, 0) is 17.9 Å². The number of nitrogens with zero attached hydrogens (tertiary/aromatic N) is 3. The van der Waals surface area contributed by atoms with Crippen molar-refractivity contribution >= 4 is 23.0 Å². The minimum atomic E-state index is -0.148. The molecule has 0 aliphatic heterocycles. The molecule has 7 nitrogen and oxygen atoms in total. The first-order valence-electron chi connectivity index (χ1n) is 11.1. The minimum absolute atomic E-state index is 0.148. The molecule has 0 radical (unpaired) electrons. The summed E-state index contributed by atoms with van der Waals surface area (Å²) in [5.74, 6) is 1.04. The zero-order valence-corrected chi connectivity index (χ0v) is 19.6. The number of pyridine rings is 1. The van der Waals surface area contributed by atoms with Crippen LogP contribution in [0.1, 0.15) is 28.8 Å². The van der Waals surface area contributed by atoms with Gasteiger partial charge >= 0.3 is 0 Å². The van der Waals surface area contributed by atoms with Crippen molar-refractivity contribution in [3.63, 3.8) is 0 Å². The van der Waals surface area contributed by atoms with E-state index in [0.717, 1.165) is 16.8 Å². The molecule has 0 atom stereocenters. The standard InChI is InChI=1S/C27H28N4O3/c1-19-7-6-9-23-27(19)20(2)17-31(23)14-12-26(32)30-29-16-21-10-11-24(25(15-21)33-3)34-18-22-8-4-5-13-28-22/h4-11,13,15-17H,12,14,18H2,1-3H3,(H,30,32). The number of carbonyl (C=O) groups excluding carboxylic acids is 1. The largest absolute Gasteiger partial charge is 0.493 e. The molecule has 0 unspecified atom stereocenters. The summed E-state index contributed by atoms with van der Waals surface area (Å²) in [7, 11) is 1.58. The molecule has 1 amide bonds. The summed E-state index contributed by atoms with van der Waals surface area (Å²) in [6.07, 6.45) is 5.74. The zero-order valence-electron chi connectivity index (χ0n) is 19.6. The minimum Gasteiger partial charge on any atom is -0.493 e. The van der Waals surface area contributed by atoms with E-state index in [0.29, 0.717) is 31.1 Å². The molecular formula is C27H28N4O3. The van der Waals surface area contributed by atoms with Crippen LogP contribution >= 0.6 is 0 Å². The molecule has 1 N–H and O–H groups in total. The first-order chi connectivity index (χ1) is 16.5. The highest BCUT2D eigenvalue weighted by atomic mass is 16.5. The molecule has 0 saturated heterocycles. The number of aryl methyl sites for hydroxylation is 3. The van der Waals surface area contributed by atoms with E-state index in [1.807, 2.05) is 36.4 Å². The maximum absolute atomic E-state index is 12.3. The second-order valence-electron chi connectivity index (χ2n) is 8.04. The molecule has 0 bridgehead atoms. The van der Waals surface area contributed by atoms with Crippen LogP contribution in [0.3, 0.4) is 0 Å². The number of rotatable bonds is 9. The topological polar surface area (TPSA) is 77.7 Å². The van der Waals surface area contributed by atoms with Gasteiger partial charge in [-0.2, -0.15) is 5.10 Å². The van der Waals surface area contributed by atoms with Crippen molar-refractivity contribution in [2.24, 2.45) is 5.10 Å². The molecule has 0 spiro atoms. The van der Waals surface area contributed by atoms with E-state index < -0.39 is 0 Å². The molecular weight excluding hydrogens is 428 g/mol. The van der Waals surface area contributed by atoms with Gasteiger partial charge in [0.05, 0.1) is 19.0 Å². The van der Waals surface area contributed by atoms with Crippen molar-refractivity contribution in [2.75, 3.05) is 7.11 Å². The number of hydrogen-bond acceptors (Lipinski definition) is 5. The van der Waals surface area contributed by atoms with Crippen LogP contribution in [0.25, 0.3) is 10.9 Å². The predicted octanol–water partition coefficient (Wildman–Crippen LogP) is 4.78. The first-order valence-corrected chi connectivity index (χ1v) is 11.1. The monoisotopic (exact) mass is 456 g/mol. The molecule has 0 aliphatic rings. The van der Waals surface area contributed by atoms with Crippen LogP contribution in [0.2, 0.25) is 0 Å². The Morgan fingerprint density at radius 1 is 1.09 bits per heavy atom. The fraction of sp³-hybridized carbons (Fsp3) is 0.222. The van der Waals surface area contributed by atoms with Crippen LogP contribution in [0.15, 0.2) is 72.1 Å². The second kappa shape index (κ2) is 10.7. The van der Waals surface area contributed by atoms with Gasteiger partial charge in [-0.15, -0.1) is 0 Å². The normalized spacial score (nSPS) is 11.1. The molecule has 0 aliphatic carbocycles. The Labute approximate surface area is 199 Å². The zero-order chi connectivity index (χ0) is 23.9. The maximum atomic E-state index is 12.3. The Morgan fingerprint density at radius 3 is 2.76 bits per heavy atom. The summed E-state index contributed by atoms with van der Waals surface area (Å²) in [6.45, 7) is 5.14. The number of hydrazone groups is 1. The summed E-state index contributed by atoms with van der Waals surface area (Å²) in [5, 5.41) is 5.35. The van der Waals surface area contributed by atoms with Gasteiger partial charge in [-0.3, -0.25) is 9.78 Å². The highest BCUT2D eigenvalue weighted by Gasteiger charge is 2.09. The third-order valence-electron chi connectivity index (χ3n) is 5.58. The quantitative estimate of drug-likeness (QED) is 0.290. The van der Waals surface area contributed by atoms with Gasteiger partial charge < -0.3 is 14.0 Å². The van der Waals surface area contributed by atoms with Crippen molar-refractivity contribution in [3.05, 3.63) is 89.4 Å². The highest BCUT2D eigenvalue weighted by Crippen LogP contribution is 2.28. The van der Waals surface area contributed by atoms with Crippen LogP contribution in [0, 0.1) is 13.8 Å². The molecule has 2 heterocycles. The predicted molar refractivity (Wildman–Crippen MR) is 133 cm³/mol. The molecule has 174 valence electrons. The highest BCUT2D eigenvalue weighted by molar-refractivity contribution is 5.87. The van der Waals surface area contributed by atoms with E-state index in [2.05, 4.69) is 52.3 Å². The molecule has 7 heteroatoms. The number of benzene rings is 2. The summed E-state index contributed by atoms with van der Waals surface area (Å²) < 4.78 is 13.4. The Hall–Kier alpha value is -4.13. The lowest BCUT2D eigenvalue weighted by atomic mass is 10.1. The number of nitrogens with one attached hydrogen (secondary N) is 1. The van der Waals surface area contributed by atoms with E-state index in [-0.39, 0.29) is 5.91 Å². The van der Waals surface area contributed by atoms with E-state index in [9.17, 15) is 4.79 Å². The molecule has 34 heavy (non-hydrogen) atoms. The third kappa shape index (κ3) is 5.43. The Morgan fingerprint density at radius 2 is 1.97 bits per heavy atom. The number of methoxy groups -OCH3 is 1. The molecule has 2 aromatic heterocycles. The average Bonchev–Trinajstić information content (AvgIpc) is 3.19. The summed E-state index contributed by atoms with van der Waals surface area (Å²) in [4.78, 5) is 16.6. The van der Waals surface area contributed by atoms with Crippen molar-refractivity contribution in [2.45, 2.75) is 33.4 Å². The average molecular weight is 457 g/mol. The number of carbonyl (C=O) groups is 1. The third-order valence-corrected chi connectivity index (χ3v) is 5.58. The van der Waals surface area contributed by atoms with Gasteiger partial charge in [-0.05, 0) is 66.9 Å². The van der Waals surface area contributed by atoms with Crippen LogP contribution in [-0.4, -0.2) is 28.8 Å². The molecule has 2 aromatic carbocycles. The lowest BCUT2D eigenvalue weighted by Gasteiger charge is -2.11. The molecule has 4 rings (SSSR count). The van der Waals surface area contributed by atoms with Crippen LogP contribution < -0.4 is 14.9 Å². The van der Waals surface area contributed by atoms with Crippen LogP contribution in [0.5, 0.6) is 11.5 Å². The van der Waals surface area contributed by atoms with Gasteiger partial charge in [0.1, 0.15) is 6.61 Å². The Balaban J connectivity index is 1.32.